The Bertz CT molecular complexity index is 610. The topological polar surface area (TPSA) is 87.5 Å². The molecule has 0 saturated carbocycles. The average Bonchev–Trinajstić information content (AvgIpc) is 3.16. The normalized spacial score (nSPS) is 15.0. The molecule has 1 aromatic carbocycles. The van der Waals surface area contributed by atoms with Crippen LogP contribution in [0.4, 0.5) is 11.4 Å². The molecule has 2 unspecified atom stereocenters. The second-order valence-electron chi connectivity index (χ2n) is 6.98. The van der Waals surface area contributed by atoms with E-state index in [0.29, 0.717) is 12.8 Å². The molecule has 2 rings (SSSR count). The van der Waals surface area contributed by atoms with Gasteiger partial charge in [-0.05, 0) is 43.9 Å². The Kier molecular flexibility index (Phi) is 12.9. The first-order valence-corrected chi connectivity index (χ1v) is 9.77. The minimum Gasteiger partial charge on any atom is -0.371 e. The highest BCUT2D eigenvalue weighted by atomic mass is 35.5. The molecule has 1 aromatic rings. The summed E-state index contributed by atoms with van der Waals surface area (Å²) in [5.41, 5.74) is 7.75. The molecule has 0 bridgehead atoms. The highest BCUT2D eigenvalue weighted by Crippen LogP contribution is 2.23. The van der Waals surface area contributed by atoms with Gasteiger partial charge in [0.05, 0.1) is 6.04 Å². The van der Waals surface area contributed by atoms with Crippen LogP contribution in [0.2, 0.25) is 0 Å². The van der Waals surface area contributed by atoms with Crippen LogP contribution in [0.15, 0.2) is 24.3 Å². The number of nitrogens with one attached hydrogen (secondary N) is 2. The number of rotatable bonds is 9. The van der Waals surface area contributed by atoms with Crippen LogP contribution < -0.4 is 21.3 Å². The van der Waals surface area contributed by atoms with Crippen molar-refractivity contribution in [1.29, 1.82) is 0 Å². The van der Waals surface area contributed by atoms with Crippen molar-refractivity contribution in [1.82, 2.24) is 5.32 Å². The standard InChI is InChI=1S/C20H32N4O2.2ClH/c1-3-8-17(21)19(25)23-18(9-4-2)20(26)22-15-10-7-11-16(14-15)24-12-5-6-13-24;;/h7,10-11,14,17-18H,3-6,8-9,12-13,21H2,1-2H3,(H,22,26)(H,23,25);2*1H. The van der Waals surface area contributed by atoms with Crippen molar-refractivity contribution in [3.05, 3.63) is 24.3 Å². The maximum Gasteiger partial charge on any atom is 0.246 e. The molecule has 6 nitrogen and oxygen atoms in total. The summed E-state index contributed by atoms with van der Waals surface area (Å²) in [5, 5.41) is 5.75. The van der Waals surface area contributed by atoms with Gasteiger partial charge < -0.3 is 21.3 Å². The highest BCUT2D eigenvalue weighted by molar-refractivity contribution is 5.98. The monoisotopic (exact) mass is 432 g/mol. The Balaban J connectivity index is 0.00000364. The van der Waals surface area contributed by atoms with Crippen LogP contribution in [0.25, 0.3) is 0 Å². The number of hydrogen-bond acceptors (Lipinski definition) is 4. The summed E-state index contributed by atoms with van der Waals surface area (Å²) in [6.45, 7) is 6.09. The van der Waals surface area contributed by atoms with E-state index in [1.54, 1.807) is 0 Å². The SMILES string of the molecule is CCCC(N)C(=O)NC(CCC)C(=O)Nc1cccc(N2CCCC2)c1.Cl.Cl. The summed E-state index contributed by atoms with van der Waals surface area (Å²) in [5.74, 6) is -0.450. The molecule has 1 aliphatic heterocycles. The first-order valence-electron chi connectivity index (χ1n) is 9.77. The van der Waals surface area contributed by atoms with Crippen LogP contribution in [0.3, 0.4) is 0 Å². The summed E-state index contributed by atoms with van der Waals surface area (Å²) in [4.78, 5) is 27.2. The van der Waals surface area contributed by atoms with Gasteiger partial charge >= 0.3 is 0 Å². The van der Waals surface area contributed by atoms with Gasteiger partial charge in [0.25, 0.3) is 0 Å². The zero-order valence-corrected chi connectivity index (χ0v) is 18.4. The zero-order valence-electron chi connectivity index (χ0n) is 16.8. The summed E-state index contributed by atoms with van der Waals surface area (Å²) in [6.07, 6.45) is 5.25. The van der Waals surface area contributed by atoms with Gasteiger partial charge in [0.15, 0.2) is 0 Å². The van der Waals surface area contributed by atoms with Gasteiger partial charge in [-0.3, -0.25) is 9.59 Å². The zero-order chi connectivity index (χ0) is 18.9. The van der Waals surface area contributed by atoms with Crippen LogP contribution in [0.5, 0.6) is 0 Å². The van der Waals surface area contributed by atoms with E-state index in [2.05, 4.69) is 21.6 Å². The molecule has 0 spiro atoms. The van der Waals surface area contributed by atoms with Gasteiger partial charge in [0.1, 0.15) is 6.04 Å². The molecule has 0 radical (unpaired) electrons. The summed E-state index contributed by atoms with van der Waals surface area (Å²) in [6, 6.07) is 6.77. The summed E-state index contributed by atoms with van der Waals surface area (Å²) >= 11 is 0. The lowest BCUT2D eigenvalue weighted by atomic mass is 10.1. The van der Waals surface area contributed by atoms with Crippen LogP contribution in [-0.2, 0) is 9.59 Å². The van der Waals surface area contributed by atoms with Crippen LogP contribution >= 0.6 is 24.8 Å². The molecule has 28 heavy (non-hydrogen) atoms. The van der Waals surface area contributed by atoms with Crippen molar-refractivity contribution in [3.63, 3.8) is 0 Å². The van der Waals surface area contributed by atoms with Crippen molar-refractivity contribution in [2.75, 3.05) is 23.3 Å². The summed E-state index contributed by atoms with van der Waals surface area (Å²) in [7, 11) is 0. The number of nitrogens with two attached hydrogens (primary N) is 1. The van der Waals surface area contributed by atoms with Crippen LogP contribution in [-0.4, -0.2) is 37.0 Å². The second-order valence-corrected chi connectivity index (χ2v) is 6.98. The number of amides is 2. The number of carbonyl (C=O) groups is 2. The number of anilines is 2. The lowest BCUT2D eigenvalue weighted by Gasteiger charge is -2.21. The highest BCUT2D eigenvalue weighted by Gasteiger charge is 2.23. The van der Waals surface area contributed by atoms with Gasteiger partial charge in [-0.2, -0.15) is 0 Å². The Morgan fingerprint density at radius 3 is 2.32 bits per heavy atom. The van der Waals surface area contributed by atoms with Crippen LogP contribution in [0.1, 0.15) is 52.4 Å². The molecular formula is C20H34Cl2N4O2. The largest absolute Gasteiger partial charge is 0.371 e. The minimum absolute atomic E-state index is 0. The lowest BCUT2D eigenvalue weighted by Crippen LogP contribution is -2.49. The molecule has 1 saturated heterocycles. The Hall–Kier alpha value is -1.50. The number of carbonyl (C=O) groups excluding carboxylic acids is 2. The molecule has 0 aromatic heterocycles. The Labute approximate surface area is 180 Å². The predicted octanol–water partition coefficient (Wildman–Crippen LogP) is 3.48. The van der Waals surface area contributed by atoms with Gasteiger partial charge in [-0.1, -0.05) is 32.8 Å². The fraction of sp³-hybridized carbons (Fsp3) is 0.600. The third-order valence-electron chi connectivity index (χ3n) is 4.73. The van der Waals surface area contributed by atoms with E-state index >= 15 is 0 Å². The quantitative estimate of drug-likeness (QED) is 0.557. The lowest BCUT2D eigenvalue weighted by molar-refractivity contribution is -0.127. The van der Waals surface area contributed by atoms with Crippen molar-refractivity contribution >= 4 is 48.0 Å². The molecule has 2 amide bonds. The second kappa shape index (κ2) is 13.6. The molecule has 1 fully saturated rings. The van der Waals surface area contributed by atoms with E-state index < -0.39 is 12.1 Å². The molecule has 2 atom stereocenters. The van der Waals surface area contributed by atoms with E-state index in [9.17, 15) is 9.59 Å². The van der Waals surface area contributed by atoms with Crippen molar-refractivity contribution in [3.8, 4) is 0 Å². The molecule has 4 N–H and O–H groups in total. The van der Waals surface area contributed by atoms with Crippen molar-refractivity contribution in [2.24, 2.45) is 5.73 Å². The van der Waals surface area contributed by atoms with Gasteiger partial charge in [-0.15, -0.1) is 24.8 Å². The van der Waals surface area contributed by atoms with Crippen LogP contribution in [0, 0.1) is 0 Å². The molecule has 1 heterocycles. The Morgan fingerprint density at radius 2 is 1.71 bits per heavy atom. The molecule has 8 heteroatoms. The molecule has 0 aliphatic carbocycles. The number of nitrogens with zero attached hydrogens (tertiary/aromatic N) is 1. The van der Waals surface area contributed by atoms with Crippen molar-refractivity contribution < 1.29 is 9.59 Å². The molecule has 1 aliphatic rings. The number of benzene rings is 1. The maximum absolute atomic E-state index is 12.7. The van der Waals surface area contributed by atoms with E-state index in [1.807, 2.05) is 32.0 Å². The van der Waals surface area contributed by atoms with E-state index in [-0.39, 0.29) is 36.6 Å². The van der Waals surface area contributed by atoms with Crippen molar-refractivity contribution in [2.45, 2.75) is 64.5 Å². The van der Waals surface area contributed by atoms with Gasteiger partial charge in [0, 0.05) is 24.5 Å². The predicted molar refractivity (Wildman–Crippen MR) is 121 cm³/mol. The fourth-order valence-corrected chi connectivity index (χ4v) is 3.26. The number of halogens is 2. The maximum atomic E-state index is 12.7. The van der Waals surface area contributed by atoms with E-state index in [0.717, 1.165) is 37.3 Å². The van der Waals surface area contributed by atoms with Gasteiger partial charge in [-0.25, -0.2) is 0 Å². The smallest absolute Gasteiger partial charge is 0.246 e. The van der Waals surface area contributed by atoms with E-state index in [4.69, 9.17) is 5.73 Å². The first kappa shape index (κ1) is 26.5. The third-order valence-corrected chi connectivity index (χ3v) is 4.73. The minimum atomic E-state index is -0.564. The molecular weight excluding hydrogens is 399 g/mol. The summed E-state index contributed by atoms with van der Waals surface area (Å²) < 4.78 is 0. The number of hydrogen-bond donors (Lipinski definition) is 3. The third kappa shape index (κ3) is 7.86. The first-order chi connectivity index (χ1) is 12.5. The Morgan fingerprint density at radius 1 is 1.07 bits per heavy atom. The average molecular weight is 433 g/mol. The van der Waals surface area contributed by atoms with E-state index in [1.165, 1.54) is 12.8 Å². The van der Waals surface area contributed by atoms with Gasteiger partial charge in [0.2, 0.25) is 11.8 Å². The fourth-order valence-electron chi connectivity index (χ4n) is 3.26. The molecule has 160 valence electrons.